The first-order valence-electron chi connectivity index (χ1n) is 6.20. The molecule has 1 aromatic carbocycles. The Morgan fingerprint density at radius 2 is 2.05 bits per heavy atom. The van der Waals surface area contributed by atoms with Crippen LogP contribution in [0.25, 0.3) is 21.7 Å². The summed E-state index contributed by atoms with van der Waals surface area (Å²) in [7, 11) is 0. The lowest BCUT2D eigenvalue weighted by molar-refractivity contribution is 0.281. The number of hydrogen-bond donors (Lipinski definition) is 1. The number of hydrogen-bond acceptors (Lipinski definition) is 3. The number of halogens is 2. The number of rotatable bonds is 4. The van der Waals surface area contributed by atoms with Crippen molar-refractivity contribution in [2.24, 2.45) is 0 Å². The molecule has 104 valence electrons. The van der Waals surface area contributed by atoms with E-state index >= 15 is 0 Å². The topological polar surface area (TPSA) is 38.0 Å². The molecule has 3 aromatic rings. The lowest BCUT2D eigenvalue weighted by Gasteiger charge is -2.07. The predicted molar refractivity (Wildman–Crippen MR) is 74.7 cm³/mol. The number of aliphatic hydroxyl groups excluding tert-OH is 1. The summed E-state index contributed by atoms with van der Waals surface area (Å²) in [5.41, 5.74) is 0.964. The van der Waals surface area contributed by atoms with Crippen molar-refractivity contribution in [2.45, 2.75) is 13.0 Å². The molecule has 1 N–H and O–H groups in total. The summed E-state index contributed by atoms with van der Waals surface area (Å²) in [5.74, 6) is -1.11. The van der Waals surface area contributed by atoms with E-state index in [1.165, 1.54) is 11.3 Å². The Bertz CT molecular complexity index is 737. The zero-order valence-corrected chi connectivity index (χ0v) is 11.3. The molecule has 0 aliphatic rings. The fourth-order valence-corrected chi connectivity index (χ4v) is 2.89. The van der Waals surface area contributed by atoms with E-state index in [4.69, 9.17) is 5.11 Å². The molecule has 6 heteroatoms. The van der Waals surface area contributed by atoms with Crippen LogP contribution in [0.2, 0.25) is 0 Å². The SMILES string of the molecule is OCCCn1c(-c2cccs2)nc2cc(F)c(F)cc21. The molecule has 0 aliphatic carbocycles. The van der Waals surface area contributed by atoms with Crippen LogP contribution in [0.5, 0.6) is 0 Å². The number of aryl methyl sites for hydroxylation is 1. The average Bonchev–Trinajstić information content (AvgIpc) is 3.05. The monoisotopic (exact) mass is 294 g/mol. The van der Waals surface area contributed by atoms with E-state index in [-0.39, 0.29) is 6.61 Å². The third-order valence-electron chi connectivity index (χ3n) is 3.07. The minimum Gasteiger partial charge on any atom is -0.396 e. The molecule has 20 heavy (non-hydrogen) atoms. The second-order valence-corrected chi connectivity index (χ2v) is 5.34. The summed E-state index contributed by atoms with van der Waals surface area (Å²) >= 11 is 1.51. The van der Waals surface area contributed by atoms with Gasteiger partial charge in [0, 0.05) is 25.3 Å². The van der Waals surface area contributed by atoms with Gasteiger partial charge in [-0.25, -0.2) is 13.8 Å². The highest BCUT2D eigenvalue weighted by molar-refractivity contribution is 7.13. The van der Waals surface area contributed by atoms with Crippen LogP contribution in [0, 0.1) is 11.6 Å². The van der Waals surface area contributed by atoms with Gasteiger partial charge >= 0.3 is 0 Å². The highest BCUT2D eigenvalue weighted by Crippen LogP contribution is 2.29. The van der Waals surface area contributed by atoms with Crippen molar-refractivity contribution < 1.29 is 13.9 Å². The molecular formula is C14H12F2N2OS. The molecule has 0 amide bonds. The maximum Gasteiger partial charge on any atom is 0.161 e. The summed E-state index contributed by atoms with van der Waals surface area (Å²) in [5, 5.41) is 10.9. The smallest absolute Gasteiger partial charge is 0.161 e. The minimum atomic E-state index is -0.901. The van der Waals surface area contributed by atoms with Crippen molar-refractivity contribution in [1.82, 2.24) is 9.55 Å². The summed E-state index contributed by atoms with van der Waals surface area (Å²) in [6, 6.07) is 6.08. The highest BCUT2D eigenvalue weighted by Gasteiger charge is 2.15. The molecule has 3 rings (SSSR count). The van der Waals surface area contributed by atoms with Gasteiger partial charge in [-0.3, -0.25) is 0 Å². The average molecular weight is 294 g/mol. The minimum absolute atomic E-state index is 0.0350. The van der Waals surface area contributed by atoms with Gasteiger partial charge in [0.2, 0.25) is 0 Å². The summed E-state index contributed by atoms with van der Waals surface area (Å²) in [6.45, 7) is 0.540. The maximum atomic E-state index is 13.4. The zero-order valence-electron chi connectivity index (χ0n) is 10.5. The van der Waals surface area contributed by atoms with E-state index in [1.54, 1.807) is 0 Å². The number of aromatic nitrogens is 2. The van der Waals surface area contributed by atoms with E-state index in [0.717, 1.165) is 17.0 Å². The van der Waals surface area contributed by atoms with Crippen molar-refractivity contribution >= 4 is 22.4 Å². The van der Waals surface area contributed by atoms with E-state index in [0.29, 0.717) is 29.8 Å². The van der Waals surface area contributed by atoms with Crippen molar-refractivity contribution in [3.8, 4) is 10.7 Å². The fourth-order valence-electron chi connectivity index (χ4n) is 2.17. The first-order valence-corrected chi connectivity index (χ1v) is 7.08. The third kappa shape index (κ3) is 2.21. The van der Waals surface area contributed by atoms with Crippen molar-refractivity contribution in [1.29, 1.82) is 0 Å². The molecule has 0 bridgehead atoms. The van der Waals surface area contributed by atoms with E-state index < -0.39 is 11.6 Å². The quantitative estimate of drug-likeness (QED) is 0.800. The van der Waals surface area contributed by atoms with Crippen molar-refractivity contribution in [2.75, 3.05) is 6.61 Å². The van der Waals surface area contributed by atoms with Gasteiger partial charge in [-0.1, -0.05) is 6.07 Å². The molecule has 0 radical (unpaired) electrons. The van der Waals surface area contributed by atoms with Gasteiger partial charge < -0.3 is 9.67 Å². The Morgan fingerprint density at radius 3 is 2.75 bits per heavy atom. The van der Waals surface area contributed by atoms with Gasteiger partial charge in [0.05, 0.1) is 15.9 Å². The number of benzene rings is 1. The summed E-state index contributed by atoms with van der Waals surface area (Å²) < 4.78 is 28.6. The molecule has 0 atom stereocenters. The van der Waals surface area contributed by atoms with Crippen LogP contribution in [0.1, 0.15) is 6.42 Å². The second-order valence-electron chi connectivity index (χ2n) is 4.40. The second kappa shape index (κ2) is 5.30. The fraction of sp³-hybridized carbons (Fsp3) is 0.214. The van der Waals surface area contributed by atoms with E-state index in [9.17, 15) is 8.78 Å². The Hall–Kier alpha value is -1.79. The Kier molecular flexibility index (Phi) is 3.50. The normalized spacial score (nSPS) is 11.3. The molecule has 3 nitrogen and oxygen atoms in total. The van der Waals surface area contributed by atoms with Crippen LogP contribution in [0.4, 0.5) is 8.78 Å². The summed E-state index contributed by atoms with van der Waals surface area (Å²) in [4.78, 5) is 5.33. The lowest BCUT2D eigenvalue weighted by Crippen LogP contribution is -2.02. The number of fused-ring (bicyclic) bond motifs is 1. The Labute approximate surface area is 118 Å². The molecule has 0 fully saturated rings. The van der Waals surface area contributed by atoms with Gasteiger partial charge in [-0.15, -0.1) is 11.3 Å². The van der Waals surface area contributed by atoms with Crippen LogP contribution in [0.3, 0.4) is 0 Å². The molecule has 0 unspecified atom stereocenters. The van der Waals surface area contributed by atoms with Gasteiger partial charge in [0.25, 0.3) is 0 Å². The Morgan fingerprint density at radius 1 is 1.25 bits per heavy atom. The van der Waals surface area contributed by atoms with Gasteiger partial charge in [0.1, 0.15) is 0 Å². The molecule has 0 spiro atoms. The van der Waals surface area contributed by atoms with Crippen LogP contribution in [-0.4, -0.2) is 21.3 Å². The van der Waals surface area contributed by atoms with Gasteiger partial charge in [0.15, 0.2) is 17.5 Å². The number of imidazole rings is 1. The molecule has 0 aliphatic heterocycles. The maximum absolute atomic E-state index is 13.4. The Balaban J connectivity index is 2.22. The highest BCUT2D eigenvalue weighted by atomic mass is 32.1. The van der Waals surface area contributed by atoms with Crippen LogP contribution in [0.15, 0.2) is 29.6 Å². The largest absolute Gasteiger partial charge is 0.396 e. The number of aliphatic hydroxyl groups is 1. The molecule has 0 saturated carbocycles. The number of thiophene rings is 1. The zero-order chi connectivity index (χ0) is 14.1. The number of nitrogens with zero attached hydrogens (tertiary/aromatic N) is 2. The lowest BCUT2D eigenvalue weighted by atomic mass is 10.3. The standard InChI is InChI=1S/C14H12F2N2OS/c15-9-7-11-12(8-10(9)16)18(4-2-5-19)14(17-11)13-3-1-6-20-13/h1,3,6-8,19H,2,4-5H2. The molecular weight excluding hydrogens is 282 g/mol. The van der Waals surface area contributed by atoms with Gasteiger partial charge in [-0.05, 0) is 17.9 Å². The van der Waals surface area contributed by atoms with Crippen molar-refractivity contribution in [3.63, 3.8) is 0 Å². The van der Waals surface area contributed by atoms with E-state index in [2.05, 4.69) is 4.98 Å². The van der Waals surface area contributed by atoms with Crippen LogP contribution in [-0.2, 0) is 6.54 Å². The van der Waals surface area contributed by atoms with Crippen LogP contribution < -0.4 is 0 Å². The van der Waals surface area contributed by atoms with Crippen LogP contribution >= 0.6 is 11.3 Å². The third-order valence-corrected chi connectivity index (χ3v) is 3.94. The molecule has 2 heterocycles. The van der Waals surface area contributed by atoms with E-state index in [1.807, 2.05) is 22.1 Å². The summed E-state index contributed by atoms with van der Waals surface area (Å²) in [6.07, 6.45) is 0.531. The predicted octanol–water partition coefficient (Wildman–Crippen LogP) is 3.43. The van der Waals surface area contributed by atoms with Crippen molar-refractivity contribution in [3.05, 3.63) is 41.3 Å². The molecule has 2 aromatic heterocycles. The molecule has 0 saturated heterocycles. The first kappa shape index (κ1) is 13.2. The van der Waals surface area contributed by atoms with Gasteiger partial charge in [-0.2, -0.15) is 0 Å². The first-order chi connectivity index (χ1) is 9.70.